The molecule has 4 heteroatoms. The lowest BCUT2D eigenvalue weighted by Gasteiger charge is -2.43. The van der Waals surface area contributed by atoms with E-state index in [4.69, 9.17) is 12.6 Å². The van der Waals surface area contributed by atoms with Crippen LogP contribution < -0.4 is 5.32 Å². The Kier molecular flexibility index (Phi) is 4.50. The van der Waals surface area contributed by atoms with Crippen molar-refractivity contribution in [3.63, 3.8) is 0 Å². The molecule has 0 unspecified atom stereocenters. The zero-order valence-electron chi connectivity index (χ0n) is 10.7. The number of nitrogens with one attached hydrogen (secondary N) is 1. The predicted octanol–water partition coefficient (Wildman–Crippen LogP) is 1.41. The summed E-state index contributed by atoms with van der Waals surface area (Å²) in [5, 5.41) is 13.9. The van der Waals surface area contributed by atoms with Crippen LogP contribution in [0.1, 0.15) is 44.9 Å². The highest BCUT2D eigenvalue weighted by Crippen LogP contribution is 2.44. The van der Waals surface area contributed by atoms with Crippen LogP contribution in [0, 0.1) is 0 Å². The third-order valence-corrected chi connectivity index (χ3v) is 4.23. The van der Waals surface area contributed by atoms with Crippen LogP contribution in [0.5, 0.6) is 0 Å². The van der Waals surface area contributed by atoms with Crippen molar-refractivity contribution >= 4 is 7.85 Å². The first-order valence-electron chi connectivity index (χ1n) is 6.95. The van der Waals surface area contributed by atoms with Gasteiger partial charge in [-0.25, -0.2) is 0 Å². The fourth-order valence-corrected chi connectivity index (χ4v) is 3.30. The molecule has 0 aromatic heterocycles. The van der Waals surface area contributed by atoms with Gasteiger partial charge in [0, 0.05) is 6.42 Å². The maximum atomic E-state index is 10.6. The minimum absolute atomic E-state index is 0.000861. The van der Waals surface area contributed by atoms with Gasteiger partial charge >= 0.3 is 0 Å². The molecule has 2 radical (unpaired) electrons. The molecule has 2 fully saturated rings. The Balaban J connectivity index is 1.82. The van der Waals surface area contributed by atoms with E-state index in [0.717, 1.165) is 45.2 Å². The second-order valence-electron chi connectivity index (χ2n) is 5.68. The third-order valence-electron chi connectivity index (χ3n) is 4.23. The van der Waals surface area contributed by atoms with Crippen molar-refractivity contribution in [1.82, 2.24) is 5.32 Å². The minimum Gasteiger partial charge on any atom is -0.390 e. The molecule has 1 aliphatic heterocycles. The highest BCUT2D eigenvalue weighted by molar-refractivity contribution is 6.08. The summed E-state index contributed by atoms with van der Waals surface area (Å²) in [5.41, 5.74) is -0.523. The second kappa shape index (κ2) is 5.72. The van der Waals surface area contributed by atoms with Crippen LogP contribution in [0.3, 0.4) is 0 Å². The van der Waals surface area contributed by atoms with Gasteiger partial charge in [0.05, 0.1) is 25.7 Å². The molecule has 1 heterocycles. The molecule has 17 heavy (non-hydrogen) atoms. The summed E-state index contributed by atoms with van der Waals surface area (Å²) in [6.45, 7) is 2.40. The summed E-state index contributed by atoms with van der Waals surface area (Å²) >= 11 is 0. The molecular weight excluding hydrogens is 213 g/mol. The molecule has 0 bridgehead atoms. The van der Waals surface area contributed by atoms with E-state index >= 15 is 0 Å². The summed E-state index contributed by atoms with van der Waals surface area (Å²) in [7, 11) is 5.43. The van der Waals surface area contributed by atoms with E-state index < -0.39 is 5.60 Å². The van der Waals surface area contributed by atoms with Gasteiger partial charge in [-0.15, -0.1) is 0 Å². The molecule has 3 nitrogen and oxygen atoms in total. The molecule has 1 spiro atoms. The van der Waals surface area contributed by atoms with Gasteiger partial charge in [0.1, 0.15) is 0 Å². The molecule has 1 saturated carbocycles. The van der Waals surface area contributed by atoms with E-state index in [9.17, 15) is 5.11 Å². The van der Waals surface area contributed by atoms with Gasteiger partial charge in [-0.05, 0) is 38.8 Å². The maximum Gasteiger partial charge on any atom is 0.0710 e. The number of hydrogen-bond acceptors (Lipinski definition) is 3. The number of hydrogen-bond donors (Lipinski definition) is 2. The lowest BCUT2D eigenvalue weighted by atomic mass is 9.79. The first kappa shape index (κ1) is 13.4. The highest BCUT2D eigenvalue weighted by atomic mass is 16.5. The average molecular weight is 237 g/mol. The van der Waals surface area contributed by atoms with E-state index in [0.29, 0.717) is 12.9 Å². The van der Waals surface area contributed by atoms with Crippen molar-refractivity contribution in [2.24, 2.45) is 0 Å². The van der Waals surface area contributed by atoms with Crippen LogP contribution in [0.4, 0.5) is 0 Å². The predicted molar refractivity (Wildman–Crippen MR) is 69.4 cm³/mol. The SMILES string of the molecule is [B]CCNCC[C@@]1(O)CCOC2(CCCC2)C1. The zero-order valence-corrected chi connectivity index (χ0v) is 10.7. The van der Waals surface area contributed by atoms with Crippen LogP contribution in [0.25, 0.3) is 0 Å². The smallest absolute Gasteiger partial charge is 0.0710 e. The average Bonchev–Trinajstić information content (AvgIpc) is 2.72. The van der Waals surface area contributed by atoms with E-state index in [1.54, 1.807) is 0 Å². The summed E-state index contributed by atoms with van der Waals surface area (Å²) in [4.78, 5) is 0. The number of ether oxygens (including phenoxy) is 1. The van der Waals surface area contributed by atoms with Crippen molar-refractivity contribution in [2.75, 3.05) is 19.7 Å². The molecule has 96 valence electrons. The molecular formula is C13H24BNO2. The molecule has 0 amide bonds. The molecule has 2 N–H and O–H groups in total. The van der Waals surface area contributed by atoms with E-state index in [1.165, 1.54) is 12.8 Å². The summed E-state index contributed by atoms with van der Waals surface area (Å²) < 4.78 is 5.95. The Morgan fingerprint density at radius 3 is 2.65 bits per heavy atom. The van der Waals surface area contributed by atoms with E-state index in [2.05, 4.69) is 5.32 Å². The fraction of sp³-hybridized carbons (Fsp3) is 1.00. The van der Waals surface area contributed by atoms with Crippen molar-refractivity contribution in [3.8, 4) is 0 Å². The van der Waals surface area contributed by atoms with Crippen LogP contribution >= 0.6 is 0 Å². The lowest BCUT2D eigenvalue weighted by molar-refractivity contribution is -0.159. The van der Waals surface area contributed by atoms with Crippen molar-refractivity contribution in [2.45, 2.75) is 62.5 Å². The monoisotopic (exact) mass is 237 g/mol. The van der Waals surface area contributed by atoms with Crippen molar-refractivity contribution in [1.29, 1.82) is 0 Å². The normalized spacial score (nSPS) is 32.1. The Hall–Kier alpha value is -0.0551. The van der Waals surface area contributed by atoms with Crippen LogP contribution in [0.2, 0.25) is 6.32 Å². The van der Waals surface area contributed by atoms with Gasteiger partial charge in [-0.1, -0.05) is 19.2 Å². The fourth-order valence-electron chi connectivity index (χ4n) is 3.30. The minimum atomic E-state index is -0.524. The quantitative estimate of drug-likeness (QED) is 0.561. The first-order valence-corrected chi connectivity index (χ1v) is 6.95. The summed E-state index contributed by atoms with van der Waals surface area (Å²) in [5.74, 6) is 0. The highest BCUT2D eigenvalue weighted by Gasteiger charge is 2.45. The maximum absolute atomic E-state index is 10.6. The number of rotatable bonds is 5. The standard InChI is InChI=1S/C13H24BNO2/c14-7-9-15-8-5-12(16)6-10-17-13(11-12)3-1-2-4-13/h15-16H,1-11H2/t12-/m1/s1. The van der Waals surface area contributed by atoms with Gasteiger partial charge in [0.25, 0.3) is 0 Å². The Morgan fingerprint density at radius 2 is 1.94 bits per heavy atom. The van der Waals surface area contributed by atoms with Gasteiger partial charge in [-0.3, -0.25) is 0 Å². The van der Waals surface area contributed by atoms with Crippen molar-refractivity contribution in [3.05, 3.63) is 0 Å². The molecule has 1 saturated heterocycles. The van der Waals surface area contributed by atoms with Crippen LogP contribution in [-0.4, -0.2) is 43.9 Å². The summed E-state index contributed by atoms with van der Waals surface area (Å²) in [6, 6.07) is 0. The Morgan fingerprint density at radius 1 is 1.18 bits per heavy atom. The molecule has 2 rings (SSSR count). The van der Waals surface area contributed by atoms with Gasteiger partial charge < -0.3 is 15.2 Å². The molecule has 1 atom stereocenters. The Bertz CT molecular complexity index is 244. The van der Waals surface area contributed by atoms with Crippen LogP contribution in [0.15, 0.2) is 0 Å². The van der Waals surface area contributed by atoms with Gasteiger partial charge in [-0.2, -0.15) is 0 Å². The Labute approximate surface area is 106 Å². The summed E-state index contributed by atoms with van der Waals surface area (Å²) in [6.07, 6.45) is 7.84. The van der Waals surface area contributed by atoms with Crippen LogP contribution in [-0.2, 0) is 4.74 Å². The van der Waals surface area contributed by atoms with E-state index in [-0.39, 0.29) is 5.60 Å². The third kappa shape index (κ3) is 3.46. The molecule has 0 aromatic carbocycles. The van der Waals surface area contributed by atoms with Gasteiger partial charge in [0.15, 0.2) is 0 Å². The van der Waals surface area contributed by atoms with Crippen molar-refractivity contribution < 1.29 is 9.84 Å². The largest absolute Gasteiger partial charge is 0.390 e. The molecule has 1 aliphatic carbocycles. The first-order chi connectivity index (χ1) is 8.18. The molecule has 0 aromatic rings. The molecule has 2 aliphatic rings. The lowest BCUT2D eigenvalue weighted by Crippen LogP contribution is -2.48. The van der Waals surface area contributed by atoms with Gasteiger partial charge in [0.2, 0.25) is 0 Å². The zero-order chi connectivity index (χ0) is 12.2. The second-order valence-corrected chi connectivity index (χ2v) is 5.68. The van der Waals surface area contributed by atoms with E-state index in [1.807, 2.05) is 0 Å². The number of aliphatic hydroxyl groups is 1. The topological polar surface area (TPSA) is 41.5 Å².